The predicted molar refractivity (Wildman–Crippen MR) is 99.5 cm³/mol. The predicted octanol–water partition coefficient (Wildman–Crippen LogP) is 4.57. The number of hydrogen-bond acceptors (Lipinski definition) is 6. The van der Waals surface area contributed by atoms with E-state index in [-0.39, 0.29) is 22.0 Å². The van der Waals surface area contributed by atoms with E-state index in [4.69, 9.17) is 27.6 Å². The van der Waals surface area contributed by atoms with Gasteiger partial charge in [0.1, 0.15) is 5.52 Å². The summed E-state index contributed by atoms with van der Waals surface area (Å²) in [6, 6.07) is 9.70. The van der Waals surface area contributed by atoms with Gasteiger partial charge in [-0.15, -0.1) is 0 Å². The SMILES string of the molecule is COC(=O)c1cc(NC=C(C=O)c2nc3cc(Cl)ccc3o2)ccc1Cl. The van der Waals surface area contributed by atoms with E-state index in [1.807, 2.05) is 0 Å². The molecule has 0 saturated heterocycles. The number of nitrogens with one attached hydrogen (secondary N) is 1. The fraction of sp³-hybridized carbons (Fsp3) is 0.0556. The van der Waals surface area contributed by atoms with Crippen LogP contribution in [0.1, 0.15) is 16.2 Å². The van der Waals surface area contributed by atoms with Crippen molar-refractivity contribution in [2.24, 2.45) is 0 Å². The van der Waals surface area contributed by atoms with Gasteiger partial charge in [-0.2, -0.15) is 0 Å². The highest BCUT2D eigenvalue weighted by Gasteiger charge is 2.13. The lowest BCUT2D eigenvalue weighted by Gasteiger charge is -2.06. The molecule has 1 heterocycles. The van der Waals surface area contributed by atoms with Gasteiger partial charge in [0.2, 0.25) is 5.89 Å². The van der Waals surface area contributed by atoms with Crippen LogP contribution in [0.4, 0.5) is 5.69 Å². The van der Waals surface area contributed by atoms with Crippen molar-refractivity contribution < 1.29 is 18.7 Å². The number of carbonyl (C=O) groups is 2. The average molecular weight is 391 g/mol. The molecular formula is C18H12Cl2N2O4. The van der Waals surface area contributed by atoms with Crippen molar-refractivity contribution in [2.45, 2.75) is 0 Å². The third kappa shape index (κ3) is 3.71. The molecule has 3 rings (SSSR count). The highest BCUT2D eigenvalue weighted by molar-refractivity contribution is 6.33. The van der Waals surface area contributed by atoms with Gasteiger partial charge < -0.3 is 14.5 Å². The van der Waals surface area contributed by atoms with E-state index < -0.39 is 5.97 Å². The summed E-state index contributed by atoms with van der Waals surface area (Å²) >= 11 is 11.9. The summed E-state index contributed by atoms with van der Waals surface area (Å²) in [5.41, 5.74) is 1.98. The van der Waals surface area contributed by atoms with Crippen molar-refractivity contribution in [3.8, 4) is 0 Å². The maximum atomic E-state index is 11.7. The first-order valence-corrected chi connectivity index (χ1v) is 8.13. The normalized spacial score (nSPS) is 11.4. The fourth-order valence-electron chi connectivity index (χ4n) is 2.21. The van der Waals surface area contributed by atoms with Gasteiger partial charge in [0.15, 0.2) is 11.9 Å². The summed E-state index contributed by atoms with van der Waals surface area (Å²) < 4.78 is 10.2. The van der Waals surface area contributed by atoms with Gasteiger partial charge in [-0.3, -0.25) is 4.79 Å². The Balaban J connectivity index is 1.89. The van der Waals surface area contributed by atoms with Gasteiger partial charge >= 0.3 is 5.97 Å². The van der Waals surface area contributed by atoms with Crippen molar-refractivity contribution >= 4 is 57.8 Å². The zero-order valence-corrected chi connectivity index (χ0v) is 15.0. The number of aldehydes is 1. The molecule has 132 valence electrons. The first-order chi connectivity index (χ1) is 12.5. The molecule has 8 heteroatoms. The van der Waals surface area contributed by atoms with Gasteiger partial charge in [-0.25, -0.2) is 9.78 Å². The van der Waals surface area contributed by atoms with Crippen LogP contribution in [0.5, 0.6) is 0 Å². The molecule has 0 atom stereocenters. The van der Waals surface area contributed by atoms with Crippen LogP contribution in [0.25, 0.3) is 16.7 Å². The van der Waals surface area contributed by atoms with Crippen molar-refractivity contribution in [3.63, 3.8) is 0 Å². The molecule has 0 fully saturated rings. The molecule has 26 heavy (non-hydrogen) atoms. The molecule has 0 aliphatic rings. The van der Waals surface area contributed by atoms with Crippen molar-refractivity contribution in [2.75, 3.05) is 12.4 Å². The van der Waals surface area contributed by atoms with Gasteiger partial charge in [-0.05, 0) is 36.4 Å². The molecule has 3 aromatic rings. The van der Waals surface area contributed by atoms with Crippen LogP contribution in [0.2, 0.25) is 10.0 Å². The number of anilines is 1. The zero-order valence-electron chi connectivity index (χ0n) is 13.5. The Morgan fingerprint density at radius 3 is 2.77 bits per heavy atom. The first kappa shape index (κ1) is 18.0. The number of oxazole rings is 1. The molecule has 0 bridgehead atoms. The second-order valence-electron chi connectivity index (χ2n) is 5.18. The molecule has 1 aromatic heterocycles. The molecular weight excluding hydrogens is 379 g/mol. The van der Waals surface area contributed by atoms with E-state index in [9.17, 15) is 9.59 Å². The van der Waals surface area contributed by atoms with Crippen molar-refractivity contribution in [1.29, 1.82) is 0 Å². The number of ether oxygens (including phenoxy) is 1. The number of rotatable bonds is 5. The molecule has 0 aliphatic heterocycles. The Hall–Kier alpha value is -2.83. The molecule has 0 saturated carbocycles. The lowest BCUT2D eigenvalue weighted by molar-refractivity contribution is -0.103. The molecule has 0 amide bonds. The highest BCUT2D eigenvalue weighted by Crippen LogP contribution is 2.24. The average Bonchev–Trinajstić information content (AvgIpc) is 3.05. The first-order valence-electron chi connectivity index (χ1n) is 7.38. The molecule has 6 nitrogen and oxygen atoms in total. The molecule has 2 aromatic carbocycles. The summed E-state index contributed by atoms with van der Waals surface area (Å²) in [7, 11) is 1.27. The van der Waals surface area contributed by atoms with Crippen molar-refractivity contribution in [1.82, 2.24) is 4.98 Å². The maximum absolute atomic E-state index is 11.7. The Kier molecular flexibility index (Phi) is 5.25. The second kappa shape index (κ2) is 7.59. The number of fused-ring (bicyclic) bond motifs is 1. The summed E-state index contributed by atoms with van der Waals surface area (Å²) in [6.07, 6.45) is 2.03. The number of nitrogens with zero attached hydrogens (tertiary/aromatic N) is 1. The van der Waals surface area contributed by atoms with Gasteiger partial charge in [-0.1, -0.05) is 23.2 Å². The van der Waals surface area contributed by atoms with Crippen LogP contribution in [0.15, 0.2) is 47.0 Å². The number of esters is 1. The minimum atomic E-state index is -0.561. The van der Waals surface area contributed by atoms with E-state index in [1.54, 1.807) is 30.3 Å². The van der Waals surface area contributed by atoms with Crippen molar-refractivity contribution in [3.05, 3.63) is 64.1 Å². The van der Waals surface area contributed by atoms with Crippen LogP contribution < -0.4 is 5.32 Å². The number of hydrogen-bond donors (Lipinski definition) is 1. The van der Waals surface area contributed by atoms with Crippen LogP contribution in [0.3, 0.4) is 0 Å². The van der Waals surface area contributed by atoms with Gasteiger partial charge in [0.05, 0.1) is 23.3 Å². The molecule has 0 aliphatic carbocycles. The lowest BCUT2D eigenvalue weighted by Crippen LogP contribution is -2.03. The van der Waals surface area contributed by atoms with Crippen LogP contribution in [-0.4, -0.2) is 24.3 Å². The lowest BCUT2D eigenvalue weighted by atomic mass is 10.2. The molecule has 1 N–H and O–H groups in total. The number of methoxy groups -OCH3 is 1. The standard InChI is InChI=1S/C18H12Cl2N2O4/c1-25-18(24)13-7-12(3-4-14(13)20)21-8-10(9-23)17-22-15-6-11(19)2-5-16(15)26-17/h2-9,21H,1H3. The Bertz CT molecular complexity index is 1030. The fourth-order valence-corrected chi connectivity index (χ4v) is 2.57. The number of allylic oxidation sites excluding steroid dienone is 1. The second-order valence-corrected chi connectivity index (χ2v) is 6.02. The summed E-state index contributed by atoms with van der Waals surface area (Å²) in [5.74, 6) is -0.416. The largest absolute Gasteiger partial charge is 0.465 e. The Labute approximate surface area is 158 Å². The smallest absolute Gasteiger partial charge is 0.339 e. The van der Waals surface area contributed by atoms with Crippen LogP contribution in [0, 0.1) is 0 Å². The number of carbonyl (C=O) groups excluding carboxylic acids is 2. The summed E-state index contributed by atoms with van der Waals surface area (Å²) in [6.45, 7) is 0. The van der Waals surface area contributed by atoms with Gasteiger partial charge in [0.25, 0.3) is 0 Å². The minimum absolute atomic E-state index is 0.145. The maximum Gasteiger partial charge on any atom is 0.339 e. The quantitative estimate of drug-likeness (QED) is 0.390. The number of halogens is 2. The van der Waals surface area contributed by atoms with Crippen LogP contribution >= 0.6 is 23.2 Å². The van der Waals surface area contributed by atoms with E-state index in [2.05, 4.69) is 15.0 Å². The number of benzene rings is 2. The highest BCUT2D eigenvalue weighted by atomic mass is 35.5. The third-order valence-electron chi connectivity index (χ3n) is 3.49. The van der Waals surface area contributed by atoms with E-state index in [0.717, 1.165) is 0 Å². The van der Waals surface area contributed by atoms with E-state index in [1.165, 1.54) is 19.4 Å². The molecule has 0 radical (unpaired) electrons. The van der Waals surface area contributed by atoms with Gasteiger partial charge in [0, 0.05) is 16.9 Å². The molecule has 0 unspecified atom stereocenters. The topological polar surface area (TPSA) is 81.4 Å². The van der Waals surface area contributed by atoms with E-state index >= 15 is 0 Å². The Morgan fingerprint density at radius 2 is 2.04 bits per heavy atom. The Morgan fingerprint density at radius 1 is 1.23 bits per heavy atom. The zero-order chi connectivity index (χ0) is 18.7. The molecule has 0 spiro atoms. The monoisotopic (exact) mass is 390 g/mol. The van der Waals surface area contributed by atoms with E-state index in [0.29, 0.717) is 28.1 Å². The summed E-state index contributed by atoms with van der Waals surface area (Å²) in [5, 5.41) is 3.69. The van der Waals surface area contributed by atoms with Crippen LogP contribution in [-0.2, 0) is 9.53 Å². The third-order valence-corrected chi connectivity index (χ3v) is 4.05. The number of aromatic nitrogens is 1. The minimum Gasteiger partial charge on any atom is -0.465 e. The summed E-state index contributed by atoms with van der Waals surface area (Å²) in [4.78, 5) is 27.3.